The summed E-state index contributed by atoms with van der Waals surface area (Å²) in [7, 11) is 0. The number of hydrogen-bond donors (Lipinski definition) is 0. The van der Waals surface area contributed by atoms with E-state index in [9.17, 15) is 9.18 Å². The van der Waals surface area contributed by atoms with E-state index in [1.807, 2.05) is 0 Å². The Hall–Kier alpha value is -1.18. The molecule has 0 spiro atoms. The lowest BCUT2D eigenvalue weighted by molar-refractivity contribution is 0.0919. The lowest BCUT2D eigenvalue weighted by atomic mass is 9.94. The minimum Gasteiger partial charge on any atom is -0.294 e. The van der Waals surface area contributed by atoms with Gasteiger partial charge in [0.05, 0.1) is 0 Å². The van der Waals surface area contributed by atoms with E-state index in [0.29, 0.717) is 17.0 Å². The summed E-state index contributed by atoms with van der Waals surface area (Å²) in [6, 6.07) is 4.83. The number of aryl methyl sites for hydroxylation is 1. The third kappa shape index (κ3) is 2.56. The maximum atomic E-state index is 13.4. The first-order valence-electron chi connectivity index (χ1n) is 6.42. The van der Waals surface area contributed by atoms with Crippen LogP contribution in [0.1, 0.15) is 48.5 Å². The first-order valence-corrected chi connectivity index (χ1v) is 6.42. The van der Waals surface area contributed by atoms with Gasteiger partial charge in [-0.3, -0.25) is 4.79 Å². The molecule has 2 heteroatoms. The molecule has 0 saturated heterocycles. The number of carbonyl (C=O) groups excluding carboxylic acids is 1. The maximum Gasteiger partial charge on any atom is 0.166 e. The van der Waals surface area contributed by atoms with E-state index >= 15 is 0 Å². The van der Waals surface area contributed by atoms with E-state index < -0.39 is 0 Å². The van der Waals surface area contributed by atoms with Crippen LogP contribution in [0, 0.1) is 24.6 Å². The molecule has 0 bridgehead atoms. The molecule has 1 nitrogen and oxygen atoms in total. The van der Waals surface area contributed by atoms with Gasteiger partial charge in [0.1, 0.15) is 5.82 Å². The van der Waals surface area contributed by atoms with Crippen LogP contribution in [0.5, 0.6) is 0 Å². The van der Waals surface area contributed by atoms with E-state index in [1.165, 1.54) is 6.07 Å². The van der Waals surface area contributed by atoms with Gasteiger partial charge in [-0.05, 0) is 43.7 Å². The zero-order valence-corrected chi connectivity index (χ0v) is 10.5. The minimum atomic E-state index is -0.277. The van der Waals surface area contributed by atoms with Gasteiger partial charge in [-0.15, -0.1) is 0 Å². The molecule has 1 aliphatic carbocycles. The Labute approximate surface area is 102 Å². The molecule has 92 valence electrons. The molecule has 2 unspecified atom stereocenters. The van der Waals surface area contributed by atoms with Crippen LogP contribution in [0.2, 0.25) is 0 Å². The van der Waals surface area contributed by atoms with Crippen molar-refractivity contribution in [3.8, 4) is 0 Å². The van der Waals surface area contributed by atoms with E-state index in [4.69, 9.17) is 0 Å². The van der Waals surface area contributed by atoms with E-state index in [-0.39, 0.29) is 17.5 Å². The van der Waals surface area contributed by atoms with Crippen molar-refractivity contribution in [2.45, 2.75) is 39.5 Å². The fraction of sp³-hybridized carbons (Fsp3) is 0.533. The Bertz CT molecular complexity index is 425. The van der Waals surface area contributed by atoms with Crippen LogP contribution in [0.4, 0.5) is 4.39 Å². The summed E-state index contributed by atoms with van der Waals surface area (Å²) in [6.45, 7) is 3.88. The van der Waals surface area contributed by atoms with Crippen LogP contribution in [0.3, 0.4) is 0 Å². The first kappa shape index (κ1) is 12.3. The monoisotopic (exact) mass is 234 g/mol. The van der Waals surface area contributed by atoms with E-state index in [2.05, 4.69) is 6.92 Å². The van der Waals surface area contributed by atoms with Crippen molar-refractivity contribution in [2.75, 3.05) is 0 Å². The minimum absolute atomic E-state index is 0.113. The van der Waals surface area contributed by atoms with Gasteiger partial charge >= 0.3 is 0 Å². The fourth-order valence-corrected chi connectivity index (χ4v) is 2.67. The lowest BCUT2D eigenvalue weighted by Gasteiger charge is -2.10. The van der Waals surface area contributed by atoms with Crippen LogP contribution >= 0.6 is 0 Å². The highest BCUT2D eigenvalue weighted by molar-refractivity contribution is 5.98. The van der Waals surface area contributed by atoms with Gasteiger partial charge in [0.25, 0.3) is 0 Å². The molecule has 0 radical (unpaired) electrons. The maximum absolute atomic E-state index is 13.4. The summed E-state index contributed by atoms with van der Waals surface area (Å²) in [6.07, 6.45) is 4.23. The SMILES string of the molecule is CCC1CCC(C(=O)c2ccc(C)c(F)c2)C1. The van der Waals surface area contributed by atoms with Gasteiger partial charge in [-0.25, -0.2) is 4.39 Å². The van der Waals surface area contributed by atoms with Crippen LogP contribution in [-0.2, 0) is 0 Å². The molecule has 0 aliphatic heterocycles. The van der Waals surface area contributed by atoms with Crippen LogP contribution < -0.4 is 0 Å². The summed E-state index contributed by atoms with van der Waals surface area (Å²) in [5.41, 5.74) is 1.13. The van der Waals surface area contributed by atoms with Gasteiger partial charge in [0, 0.05) is 11.5 Å². The third-order valence-electron chi connectivity index (χ3n) is 3.95. The first-order chi connectivity index (χ1) is 8.11. The highest BCUT2D eigenvalue weighted by Crippen LogP contribution is 2.35. The smallest absolute Gasteiger partial charge is 0.166 e. The predicted molar refractivity (Wildman–Crippen MR) is 66.6 cm³/mol. The number of carbonyl (C=O) groups is 1. The molecule has 1 saturated carbocycles. The predicted octanol–water partition coefficient (Wildman–Crippen LogP) is 4.14. The molecule has 1 aromatic carbocycles. The Balaban J connectivity index is 2.12. The molecule has 2 atom stereocenters. The average molecular weight is 234 g/mol. The summed E-state index contributed by atoms with van der Waals surface area (Å²) in [4.78, 5) is 12.2. The summed E-state index contributed by atoms with van der Waals surface area (Å²) < 4.78 is 13.4. The molecule has 0 heterocycles. The zero-order chi connectivity index (χ0) is 12.4. The van der Waals surface area contributed by atoms with Crippen molar-refractivity contribution in [3.63, 3.8) is 0 Å². The number of rotatable bonds is 3. The second-order valence-electron chi connectivity index (χ2n) is 5.11. The van der Waals surface area contributed by atoms with Crippen molar-refractivity contribution in [1.82, 2.24) is 0 Å². The van der Waals surface area contributed by atoms with Crippen molar-refractivity contribution in [2.24, 2.45) is 11.8 Å². The molecule has 17 heavy (non-hydrogen) atoms. The van der Waals surface area contributed by atoms with Gasteiger partial charge in [-0.1, -0.05) is 25.5 Å². The Kier molecular flexibility index (Phi) is 3.60. The highest BCUT2D eigenvalue weighted by Gasteiger charge is 2.29. The van der Waals surface area contributed by atoms with Crippen molar-refractivity contribution in [3.05, 3.63) is 35.1 Å². The van der Waals surface area contributed by atoms with Crippen LogP contribution in [-0.4, -0.2) is 5.78 Å². The number of halogens is 1. The van der Waals surface area contributed by atoms with Gasteiger partial charge in [-0.2, -0.15) is 0 Å². The second kappa shape index (κ2) is 4.99. The van der Waals surface area contributed by atoms with Gasteiger partial charge in [0.15, 0.2) is 5.78 Å². The van der Waals surface area contributed by atoms with Gasteiger partial charge in [0.2, 0.25) is 0 Å². The van der Waals surface area contributed by atoms with Crippen LogP contribution in [0.25, 0.3) is 0 Å². The Morgan fingerprint density at radius 2 is 2.18 bits per heavy atom. The standard InChI is InChI=1S/C15H19FO/c1-3-11-5-7-12(8-11)15(17)13-6-4-10(2)14(16)9-13/h4,6,9,11-12H,3,5,7-8H2,1-2H3. The summed E-state index contributed by atoms with van der Waals surface area (Å²) in [5.74, 6) is 0.641. The number of hydrogen-bond acceptors (Lipinski definition) is 1. The Morgan fingerprint density at radius 3 is 2.76 bits per heavy atom. The molecule has 1 aromatic rings. The molecule has 1 fully saturated rings. The van der Waals surface area contributed by atoms with Crippen molar-refractivity contribution < 1.29 is 9.18 Å². The molecule has 1 aliphatic rings. The zero-order valence-electron chi connectivity index (χ0n) is 10.5. The molecule has 0 aromatic heterocycles. The molecule has 2 rings (SSSR count). The molecule has 0 N–H and O–H groups in total. The normalized spacial score (nSPS) is 23.9. The second-order valence-corrected chi connectivity index (χ2v) is 5.11. The summed E-state index contributed by atoms with van der Waals surface area (Å²) in [5, 5.41) is 0. The number of ketones is 1. The average Bonchev–Trinajstić information content (AvgIpc) is 2.80. The topological polar surface area (TPSA) is 17.1 Å². The van der Waals surface area contributed by atoms with Crippen molar-refractivity contribution in [1.29, 1.82) is 0 Å². The molecular weight excluding hydrogens is 215 g/mol. The lowest BCUT2D eigenvalue weighted by Crippen LogP contribution is -2.12. The van der Waals surface area contributed by atoms with Crippen LogP contribution in [0.15, 0.2) is 18.2 Å². The quantitative estimate of drug-likeness (QED) is 0.718. The van der Waals surface area contributed by atoms with E-state index in [0.717, 1.165) is 25.7 Å². The highest BCUT2D eigenvalue weighted by atomic mass is 19.1. The number of Topliss-reactive ketones (excluding diaryl/α,β-unsaturated/α-hetero) is 1. The van der Waals surface area contributed by atoms with Crippen molar-refractivity contribution >= 4 is 5.78 Å². The third-order valence-corrected chi connectivity index (χ3v) is 3.95. The molecule has 0 amide bonds. The fourth-order valence-electron chi connectivity index (χ4n) is 2.67. The Morgan fingerprint density at radius 1 is 1.41 bits per heavy atom. The number of benzene rings is 1. The molecular formula is C15H19FO. The summed E-state index contributed by atoms with van der Waals surface area (Å²) >= 11 is 0. The van der Waals surface area contributed by atoms with E-state index in [1.54, 1.807) is 19.1 Å². The van der Waals surface area contributed by atoms with Gasteiger partial charge < -0.3 is 0 Å². The largest absolute Gasteiger partial charge is 0.294 e.